The summed E-state index contributed by atoms with van der Waals surface area (Å²) in [6.45, 7) is 7.10. The summed E-state index contributed by atoms with van der Waals surface area (Å²) in [6.07, 6.45) is 2.39. The van der Waals surface area contributed by atoms with E-state index in [2.05, 4.69) is 24.3 Å². The van der Waals surface area contributed by atoms with Gasteiger partial charge in [0.25, 0.3) is 0 Å². The van der Waals surface area contributed by atoms with Crippen LogP contribution in [0.4, 0.5) is 0 Å². The van der Waals surface area contributed by atoms with Crippen LogP contribution in [-0.4, -0.2) is 51.8 Å². The first-order valence-corrected chi connectivity index (χ1v) is 5.20. The highest BCUT2D eigenvalue weighted by Crippen LogP contribution is 1.87. The van der Waals surface area contributed by atoms with Crippen LogP contribution in [0.1, 0.15) is 19.8 Å². The van der Waals surface area contributed by atoms with Gasteiger partial charge >= 0.3 is 0 Å². The number of hydrogen-bond acceptors (Lipinski definition) is 3. The summed E-state index contributed by atoms with van der Waals surface area (Å²) >= 11 is 0. The van der Waals surface area contributed by atoms with Crippen LogP contribution in [0.25, 0.3) is 0 Å². The Kier molecular flexibility index (Phi) is 9.87. The fourth-order valence-corrected chi connectivity index (χ4v) is 1.03. The van der Waals surface area contributed by atoms with Crippen molar-refractivity contribution < 1.29 is 4.74 Å². The summed E-state index contributed by atoms with van der Waals surface area (Å²) in [5.74, 6) is 0. The lowest BCUT2D eigenvalue weighted by molar-refractivity contribution is 0.143. The van der Waals surface area contributed by atoms with Crippen LogP contribution in [-0.2, 0) is 4.74 Å². The zero-order valence-corrected chi connectivity index (χ0v) is 9.31. The maximum absolute atomic E-state index is 5.24. The van der Waals surface area contributed by atoms with E-state index in [1.807, 2.05) is 6.92 Å². The first-order valence-electron chi connectivity index (χ1n) is 5.20. The molecule has 80 valence electrons. The number of likely N-dealkylation sites (N-methyl/N-ethyl adjacent to an activating group) is 1. The van der Waals surface area contributed by atoms with E-state index in [9.17, 15) is 0 Å². The molecule has 1 N–H and O–H groups in total. The number of hydrogen-bond donors (Lipinski definition) is 1. The van der Waals surface area contributed by atoms with Gasteiger partial charge in [0.05, 0.1) is 0 Å². The highest BCUT2D eigenvalue weighted by Gasteiger charge is 1.90. The van der Waals surface area contributed by atoms with Gasteiger partial charge in [-0.3, -0.25) is 0 Å². The number of unbranched alkanes of at least 4 members (excludes halogenated alkanes) is 1. The van der Waals surface area contributed by atoms with Gasteiger partial charge < -0.3 is 15.0 Å². The van der Waals surface area contributed by atoms with Crippen LogP contribution in [0.5, 0.6) is 0 Å². The number of rotatable bonds is 9. The minimum Gasteiger partial charge on any atom is -0.382 e. The van der Waals surface area contributed by atoms with E-state index < -0.39 is 0 Å². The monoisotopic (exact) mass is 188 g/mol. The van der Waals surface area contributed by atoms with E-state index in [0.717, 1.165) is 32.8 Å². The number of nitrogens with one attached hydrogen (secondary N) is 1. The lowest BCUT2D eigenvalue weighted by atomic mass is 10.3. The molecule has 0 aromatic heterocycles. The Morgan fingerprint density at radius 1 is 1.15 bits per heavy atom. The average molecular weight is 188 g/mol. The second-order valence-electron chi connectivity index (χ2n) is 3.46. The fraction of sp³-hybridized carbons (Fsp3) is 1.00. The molecule has 0 spiro atoms. The van der Waals surface area contributed by atoms with Gasteiger partial charge in [0.2, 0.25) is 0 Å². The molecule has 0 saturated heterocycles. The molecule has 0 rings (SSSR count). The van der Waals surface area contributed by atoms with E-state index in [-0.39, 0.29) is 0 Å². The summed E-state index contributed by atoms with van der Waals surface area (Å²) < 4.78 is 5.24. The predicted octanol–water partition coefficient (Wildman–Crippen LogP) is 0.954. The quantitative estimate of drug-likeness (QED) is 0.545. The van der Waals surface area contributed by atoms with Gasteiger partial charge in [-0.2, -0.15) is 0 Å². The largest absolute Gasteiger partial charge is 0.382 e. The van der Waals surface area contributed by atoms with Crippen molar-refractivity contribution in [3.05, 3.63) is 0 Å². The molecule has 0 atom stereocenters. The molecule has 0 saturated carbocycles. The van der Waals surface area contributed by atoms with E-state index in [1.54, 1.807) is 0 Å². The molecule has 3 heteroatoms. The molecule has 0 radical (unpaired) electrons. The van der Waals surface area contributed by atoms with Gasteiger partial charge in [0, 0.05) is 26.3 Å². The average Bonchev–Trinajstić information content (AvgIpc) is 2.09. The molecule has 0 aliphatic rings. The number of ether oxygens (including phenoxy) is 1. The molecular weight excluding hydrogens is 164 g/mol. The first-order chi connectivity index (χ1) is 6.27. The van der Waals surface area contributed by atoms with Gasteiger partial charge in [0.15, 0.2) is 0 Å². The lowest BCUT2D eigenvalue weighted by Crippen LogP contribution is -2.27. The number of nitrogens with zero attached hydrogens (tertiary/aromatic N) is 1. The van der Waals surface area contributed by atoms with Gasteiger partial charge in [-0.1, -0.05) is 0 Å². The lowest BCUT2D eigenvalue weighted by Gasteiger charge is -2.09. The Morgan fingerprint density at radius 2 is 1.92 bits per heavy atom. The van der Waals surface area contributed by atoms with Crippen molar-refractivity contribution in [2.75, 3.05) is 46.9 Å². The summed E-state index contributed by atoms with van der Waals surface area (Å²) in [5, 5.41) is 3.40. The van der Waals surface area contributed by atoms with Crippen molar-refractivity contribution in [2.24, 2.45) is 0 Å². The van der Waals surface area contributed by atoms with Crippen LogP contribution in [0.3, 0.4) is 0 Å². The molecule has 0 aromatic rings. The fourth-order valence-electron chi connectivity index (χ4n) is 1.03. The molecule has 0 heterocycles. The van der Waals surface area contributed by atoms with Crippen molar-refractivity contribution in [1.29, 1.82) is 0 Å². The Morgan fingerprint density at radius 3 is 2.54 bits per heavy atom. The Hall–Kier alpha value is -0.120. The molecule has 0 aliphatic heterocycles. The summed E-state index contributed by atoms with van der Waals surface area (Å²) in [4.78, 5) is 2.19. The first kappa shape index (κ1) is 12.9. The third-order valence-corrected chi connectivity index (χ3v) is 1.83. The summed E-state index contributed by atoms with van der Waals surface area (Å²) in [6, 6.07) is 0. The molecule has 0 amide bonds. The van der Waals surface area contributed by atoms with Gasteiger partial charge in [-0.25, -0.2) is 0 Å². The Balaban J connectivity index is 2.84. The van der Waals surface area contributed by atoms with Gasteiger partial charge in [-0.05, 0) is 40.4 Å². The molecule has 0 aromatic carbocycles. The SMILES string of the molecule is CCOCCCCNCCN(C)C. The second-order valence-corrected chi connectivity index (χ2v) is 3.46. The molecule has 3 nitrogen and oxygen atoms in total. The van der Waals surface area contributed by atoms with Crippen molar-refractivity contribution in [3.63, 3.8) is 0 Å². The van der Waals surface area contributed by atoms with E-state index >= 15 is 0 Å². The van der Waals surface area contributed by atoms with E-state index in [1.165, 1.54) is 12.8 Å². The van der Waals surface area contributed by atoms with Crippen LogP contribution >= 0.6 is 0 Å². The summed E-state index contributed by atoms with van der Waals surface area (Å²) in [5.41, 5.74) is 0. The maximum atomic E-state index is 5.24. The van der Waals surface area contributed by atoms with Crippen molar-refractivity contribution in [3.8, 4) is 0 Å². The topological polar surface area (TPSA) is 24.5 Å². The van der Waals surface area contributed by atoms with E-state index in [4.69, 9.17) is 4.74 Å². The van der Waals surface area contributed by atoms with Crippen molar-refractivity contribution >= 4 is 0 Å². The van der Waals surface area contributed by atoms with Crippen LogP contribution in [0, 0.1) is 0 Å². The van der Waals surface area contributed by atoms with Gasteiger partial charge in [-0.15, -0.1) is 0 Å². The second kappa shape index (κ2) is 9.96. The minimum atomic E-state index is 0.841. The third kappa shape index (κ3) is 11.9. The predicted molar refractivity (Wildman–Crippen MR) is 57.2 cm³/mol. The van der Waals surface area contributed by atoms with Crippen molar-refractivity contribution in [1.82, 2.24) is 10.2 Å². The molecule has 0 bridgehead atoms. The summed E-state index contributed by atoms with van der Waals surface area (Å²) in [7, 11) is 4.19. The van der Waals surface area contributed by atoms with Crippen molar-refractivity contribution in [2.45, 2.75) is 19.8 Å². The highest BCUT2D eigenvalue weighted by molar-refractivity contribution is 4.50. The molecule has 0 fully saturated rings. The Bertz CT molecular complexity index is 96.9. The zero-order valence-electron chi connectivity index (χ0n) is 9.31. The standard InChI is InChI=1S/C10H24N2O/c1-4-13-10-6-5-7-11-8-9-12(2)3/h11H,4-10H2,1-3H3. The molecular formula is C10H24N2O. The molecule has 0 aliphatic carbocycles. The van der Waals surface area contributed by atoms with Crippen LogP contribution in [0.2, 0.25) is 0 Å². The minimum absolute atomic E-state index is 0.841. The maximum Gasteiger partial charge on any atom is 0.0466 e. The third-order valence-electron chi connectivity index (χ3n) is 1.83. The Labute approximate surface area is 82.4 Å². The zero-order chi connectivity index (χ0) is 9.94. The normalized spacial score (nSPS) is 11.1. The van der Waals surface area contributed by atoms with Gasteiger partial charge in [0.1, 0.15) is 0 Å². The molecule has 13 heavy (non-hydrogen) atoms. The van der Waals surface area contributed by atoms with Crippen LogP contribution < -0.4 is 5.32 Å². The van der Waals surface area contributed by atoms with Crippen LogP contribution in [0.15, 0.2) is 0 Å². The molecule has 0 unspecified atom stereocenters. The van der Waals surface area contributed by atoms with E-state index in [0.29, 0.717) is 0 Å². The highest BCUT2D eigenvalue weighted by atomic mass is 16.5. The smallest absolute Gasteiger partial charge is 0.0466 e.